The monoisotopic (exact) mass is 312 g/mol. The molecule has 2 heterocycles. The maximum Gasteiger partial charge on any atom is 0.243 e. The molecule has 1 N–H and O–H groups in total. The first kappa shape index (κ1) is 15.3. The largest absolute Gasteiger partial charge is 0.300 e. The van der Waals surface area contributed by atoms with Gasteiger partial charge >= 0.3 is 0 Å². The molecule has 0 spiro atoms. The molecule has 1 aromatic heterocycles. The van der Waals surface area contributed by atoms with Crippen molar-refractivity contribution in [2.75, 3.05) is 37.7 Å². The summed E-state index contributed by atoms with van der Waals surface area (Å²) in [6.45, 7) is 3.00. The number of pyridine rings is 1. The zero-order valence-electron chi connectivity index (χ0n) is 10.9. The minimum Gasteiger partial charge on any atom is -0.300 e. The second-order valence-corrected chi connectivity index (χ2v) is 7.27. The Morgan fingerprint density at radius 2 is 2.20 bits per heavy atom. The van der Waals surface area contributed by atoms with Crippen molar-refractivity contribution in [2.24, 2.45) is 0 Å². The first-order chi connectivity index (χ1) is 9.63. The van der Waals surface area contributed by atoms with Crippen LogP contribution in [0, 0.1) is 11.3 Å². The molecule has 0 bridgehead atoms. The molecule has 108 valence electrons. The summed E-state index contributed by atoms with van der Waals surface area (Å²) in [5.41, 5.74) is -0.0747. The molecule has 20 heavy (non-hydrogen) atoms. The van der Waals surface area contributed by atoms with E-state index in [4.69, 9.17) is 5.26 Å². The summed E-state index contributed by atoms with van der Waals surface area (Å²) in [5.74, 6) is 2.18. The third kappa shape index (κ3) is 3.93. The summed E-state index contributed by atoms with van der Waals surface area (Å²) in [5, 5.41) is 8.90. The topological polar surface area (TPSA) is 86.1 Å². The number of rotatable bonds is 5. The number of hydrogen-bond acceptors (Lipinski definition) is 6. The van der Waals surface area contributed by atoms with E-state index in [9.17, 15) is 8.42 Å². The van der Waals surface area contributed by atoms with Crippen molar-refractivity contribution in [2.45, 2.75) is 4.90 Å². The predicted octanol–water partition coefficient (Wildman–Crippen LogP) is 0.280. The molecular weight excluding hydrogens is 296 g/mol. The van der Waals surface area contributed by atoms with Crippen LogP contribution in [0.15, 0.2) is 23.2 Å². The summed E-state index contributed by atoms with van der Waals surface area (Å²) in [6.07, 6.45) is 1.41. The number of nitrogens with zero attached hydrogens (tertiary/aromatic N) is 3. The van der Waals surface area contributed by atoms with E-state index in [2.05, 4.69) is 14.6 Å². The smallest absolute Gasteiger partial charge is 0.243 e. The van der Waals surface area contributed by atoms with Crippen LogP contribution in [0.3, 0.4) is 0 Å². The van der Waals surface area contributed by atoms with Crippen LogP contribution in [0.4, 0.5) is 0 Å². The van der Waals surface area contributed by atoms with E-state index in [0.717, 1.165) is 24.6 Å². The van der Waals surface area contributed by atoms with E-state index in [1.165, 1.54) is 18.3 Å². The van der Waals surface area contributed by atoms with Crippen LogP contribution in [-0.4, -0.2) is 56.0 Å². The second-order valence-electron chi connectivity index (χ2n) is 4.31. The van der Waals surface area contributed by atoms with Gasteiger partial charge in [0.1, 0.15) is 11.0 Å². The SMILES string of the molecule is N#Cc1ncccc1S(=O)(=O)NCCN1CCSCC1. The molecule has 8 heteroatoms. The van der Waals surface area contributed by atoms with Gasteiger partial charge in [-0.25, -0.2) is 18.1 Å². The Hall–Kier alpha value is -1.14. The number of aromatic nitrogens is 1. The minimum absolute atomic E-state index is 0.0586. The summed E-state index contributed by atoms with van der Waals surface area (Å²) < 4.78 is 26.8. The van der Waals surface area contributed by atoms with E-state index in [-0.39, 0.29) is 10.6 Å². The lowest BCUT2D eigenvalue weighted by Crippen LogP contribution is -2.39. The predicted molar refractivity (Wildman–Crippen MR) is 77.9 cm³/mol. The van der Waals surface area contributed by atoms with Crippen LogP contribution in [0.2, 0.25) is 0 Å². The van der Waals surface area contributed by atoms with Crippen LogP contribution in [0.1, 0.15) is 5.69 Å². The number of nitrogens with one attached hydrogen (secondary N) is 1. The molecule has 1 aliphatic rings. The Morgan fingerprint density at radius 1 is 1.45 bits per heavy atom. The third-order valence-electron chi connectivity index (χ3n) is 2.99. The number of hydrogen-bond donors (Lipinski definition) is 1. The average Bonchev–Trinajstić information content (AvgIpc) is 2.48. The van der Waals surface area contributed by atoms with Crippen molar-refractivity contribution in [3.63, 3.8) is 0 Å². The minimum atomic E-state index is -3.67. The summed E-state index contributed by atoms with van der Waals surface area (Å²) >= 11 is 1.91. The second kappa shape index (κ2) is 7.04. The van der Waals surface area contributed by atoms with E-state index in [1.54, 1.807) is 6.07 Å². The van der Waals surface area contributed by atoms with Gasteiger partial charge in [-0.3, -0.25) is 0 Å². The molecule has 1 fully saturated rings. The standard InChI is InChI=1S/C12H16N4O2S2/c13-10-11-12(2-1-3-14-11)20(17,18)15-4-5-16-6-8-19-9-7-16/h1-3,15H,4-9H2. The molecule has 0 aromatic carbocycles. The Balaban J connectivity index is 1.95. The zero-order valence-corrected chi connectivity index (χ0v) is 12.6. The fraction of sp³-hybridized carbons (Fsp3) is 0.500. The number of nitriles is 1. The van der Waals surface area contributed by atoms with Crippen LogP contribution in [0.25, 0.3) is 0 Å². The molecule has 0 amide bonds. The van der Waals surface area contributed by atoms with E-state index >= 15 is 0 Å². The molecule has 0 radical (unpaired) electrons. The van der Waals surface area contributed by atoms with Gasteiger partial charge in [-0.2, -0.15) is 17.0 Å². The van der Waals surface area contributed by atoms with Gasteiger partial charge in [0.05, 0.1) is 0 Å². The zero-order chi connectivity index (χ0) is 14.4. The Kier molecular flexibility index (Phi) is 5.37. The molecule has 2 rings (SSSR count). The summed E-state index contributed by atoms with van der Waals surface area (Å²) in [4.78, 5) is 5.94. The average molecular weight is 312 g/mol. The first-order valence-corrected chi connectivity index (χ1v) is 8.92. The lowest BCUT2D eigenvalue weighted by molar-refractivity contribution is 0.307. The van der Waals surface area contributed by atoms with Gasteiger partial charge in [0, 0.05) is 43.9 Å². The Bertz CT molecular complexity index is 592. The van der Waals surface area contributed by atoms with Gasteiger partial charge in [0.15, 0.2) is 5.69 Å². The fourth-order valence-corrected chi connectivity index (χ4v) is 4.04. The molecule has 1 aromatic rings. The Morgan fingerprint density at radius 3 is 2.90 bits per heavy atom. The number of sulfonamides is 1. The van der Waals surface area contributed by atoms with Crippen molar-refractivity contribution in [1.29, 1.82) is 5.26 Å². The Labute approximate surface area is 123 Å². The van der Waals surface area contributed by atoms with Crippen molar-refractivity contribution in [1.82, 2.24) is 14.6 Å². The molecule has 6 nitrogen and oxygen atoms in total. The lowest BCUT2D eigenvalue weighted by Gasteiger charge is -2.25. The first-order valence-electron chi connectivity index (χ1n) is 6.28. The molecule has 0 atom stereocenters. The third-order valence-corrected chi connectivity index (χ3v) is 5.43. The highest BCUT2D eigenvalue weighted by Crippen LogP contribution is 2.12. The molecule has 0 aliphatic carbocycles. The van der Waals surface area contributed by atoms with Gasteiger partial charge in [-0.05, 0) is 12.1 Å². The van der Waals surface area contributed by atoms with Gasteiger partial charge in [0.25, 0.3) is 0 Å². The lowest BCUT2D eigenvalue weighted by atomic mass is 10.4. The van der Waals surface area contributed by atoms with Crippen molar-refractivity contribution in [3.8, 4) is 6.07 Å². The highest BCUT2D eigenvalue weighted by atomic mass is 32.2. The number of thioether (sulfide) groups is 1. The van der Waals surface area contributed by atoms with Crippen molar-refractivity contribution >= 4 is 21.8 Å². The van der Waals surface area contributed by atoms with Gasteiger partial charge in [-0.15, -0.1) is 0 Å². The van der Waals surface area contributed by atoms with E-state index in [1.807, 2.05) is 11.8 Å². The van der Waals surface area contributed by atoms with Crippen molar-refractivity contribution in [3.05, 3.63) is 24.0 Å². The maximum absolute atomic E-state index is 12.1. The van der Waals surface area contributed by atoms with Crippen LogP contribution in [-0.2, 0) is 10.0 Å². The maximum atomic E-state index is 12.1. The summed E-state index contributed by atoms with van der Waals surface area (Å²) in [7, 11) is -3.67. The fourth-order valence-electron chi connectivity index (χ4n) is 1.93. The normalized spacial score (nSPS) is 16.8. The molecule has 0 saturated carbocycles. The van der Waals surface area contributed by atoms with E-state index in [0.29, 0.717) is 13.1 Å². The highest BCUT2D eigenvalue weighted by Gasteiger charge is 2.19. The van der Waals surface area contributed by atoms with Gasteiger partial charge in [0.2, 0.25) is 10.0 Å². The van der Waals surface area contributed by atoms with Crippen LogP contribution < -0.4 is 4.72 Å². The van der Waals surface area contributed by atoms with Gasteiger partial charge in [-0.1, -0.05) is 0 Å². The quantitative estimate of drug-likeness (QED) is 0.840. The van der Waals surface area contributed by atoms with E-state index < -0.39 is 10.0 Å². The highest BCUT2D eigenvalue weighted by molar-refractivity contribution is 7.99. The van der Waals surface area contributed by atoms with Crippen LogP contribution in [0.5, 0.6) is 0 Å². The van der Waals surface area contributed by atoms with Crippen molar-refractivity contribution < 1.29 is 8.42 Å². The molecule has 1 aliphatic heterocycles. The van der Waals surface area contributed by atoms with Crippen LogP contribution >= 0.6 is 11.8 Å². The molecule has 0 unspecified atom stereocenters. The van der Waals surface area contributed by atoms with Gasteiger partial charge < -0.3 is 4.90 Å². The molecular formula is C12H16N4O2S2. The summed E-state index contributed by atoms with van der Waals surface area (Å²) in [6, 6.07) is 4.70. The molecule has 1 saturated heterocycles.